The Kier molecular flexibility index (Phi) is 5.32. The molecule has 0 radical (unpaired) electrons. The van der Waals surface area contributed by atoms with Crippen molar-refractivity contribution in [1.29, 1.82) is 0 Å². The van der Waals surface area contributed by atoms with E-state index in [1.807, 2.05) is 12.1 Å². The second-order valence-corrected chi connectivity index (χ2v) is 6.30. The normalized spacial score (nSPS) is 11.7. The fraction of sp³-hybridized carbons (Fsp3) is 0.316. The van der Waals surface area contributed by atoms with E-state index in [4.69, 9.17) is 22.2 Å². The highest BCUT2D eigenvalue weighted by Gasteiger charge is 2.12. The third-order valence-electron chi connectivity index (χ3n) is 4.67. The van der Waals surface area contributed by atoms with Crippen molar-refractivity contribution in [1.82, 2.24) is 0 Å². The van der Waals surface area contributed by atoms with E-state index in [0.29, 0.717) is 17.5 Å². The van der Waals surface area contributed by atoms with Gasteiger partial charge in [-0.15, -0.1) is 0 Å². The summed E-state index contributed by atoms with van der Waals surface area (Å²) in [6.07, 6.45) is 0. The van der Waals surface area contributed by atoms with Gasteiger partial charge in [0.05, 0.1) is 0 Å². The highest BCUT2D eigenvalue weighted by atomic mass is 35.5. The van der Waals surface area contributed by atoms with Crippen molar-refractivity contribution < 1.29 is 4.84 Å². The monoisotopic (exact) mass is 330 g/mol. The zero-order chi connectivity index (χ0) is 17.1. The van der Waals surface area contributed by atoms with E-state index >= 15 is 0 Å². The van der Waals surface area contributed by atoms with Gasteiger partial charge >= 0.3 is 0 Å². The van der Waals surface area contributed by atoms with Crippen LogP contribution < -0.4 is 5.73 Å². The third-order valence-corrected chi connectivity index (χ3v) is 4.92. The number of nitrogens with zero attached hydrogens (tertiary/aromatic N) is 1. The van der Waals surface area contributed by atoms with Crippen LogP contribution >= 0.6 is 11.6 Å². The molecule has 0 aromatic heterocycles. The number of nitrogens with two attached hydrogens (primary N) is 1. The summed E-state index contributed by atoms with van der Waals surface area (Å²) in [5.74, 6) is 0.345. The first-order valence-corrected chi connectivity index (χ1v) is 7.98. The zero-order valence-corrected chi connectivity index (χ0v) is 15.1. The van der Waals surface area contributed by atoms with Crippen LogP contribution in [0.3, 0.4) is 0 Å². The molecule has 2 aromatic rings. The molecule has 0 saturated heterocycles. The fourth-order valence-electron chi connectivity index (χ4n) is 2.63. The van der Waals surface area contributed by atoms with Crippen LogP contribution in [0.4, 0.5) is 0 Å². The molecule has 0 aliphatic rings. The van der Waals surface area contributed by atoms with Crippen LogP contribution in [0.1, 0.15) is 38.9 Å². The van der Waals surface area contributed by atoms with E-state index in [1.165, 1.54) is 33.4 Å². The highest BCUT2D eigenvalue weighted by Crippen LogP contribution is 2.26. The number of rotatable bonds is 4. The molecule has 0 unspecified atom stereocenters. The molecule has 2 aromatic carbocycles. The number of amidine groups is 1. The van der Waals surface area contributed by atoms with E-state index in [0.717, 1.165) is 5.56 Å². The zero-order valence-electron chi connectivity index (χ0n) is 14.3. The third kappa shape index (κ3) is 3.67. The molecule has 0 atom stereocenters. The van der Waals surface area contributed by atoms with E-state index in [2.05, 4.69) is 39.8 Å². The molecule has 0 spiro atoms. The van der Waals surface area contributed by atoms with Gasteiger partial charge in [0, 0.05) is 10.6 Å². The summed E-state index contributed by atoms with van der Waals surface area (Å²) >= 11 is 5.87. The van der Waals surface area contributed by atoms with Gasteiger partial charge in [-0.25, -0.2) is 0 Å². The molecule has 23 heavy (non-hydrogen) atoms. The number of oxime groups is 1. The van der Waals surface area contributed by atoms with Crippen LogP contribution in [0.15, 0.2) is 29.4 Å². The van der Waals surface area contributed by atoms with Crippen LogP contribution in [-0.2, 0) is 11.4 Å². The molecule has 122 valence electrons. The van der Waals surface area contributed by atoms with Gasteiger partial charge in [0.25, 0.3) is 0 Å². The molecular formula is C19H23ClN2O. The molecule has 0 aliphatic carbocycles. The lowest BCUT2D eigenvalue weighted by Gasteiger charge is -2.17. The van der Waals surface area contributed by atoms with Crippen molar-refractivity contribution in [3.63, 3.8) is 0 Å². The summed E-state index contributed by atoms with van der Waals surface area (Å²) in [6, 6.07) is 7.20. The van der Waals surface area contributed by atoms with Gasteiger partial charge in [0.1, 0.15) is 6.61 Å². The maximum atomic E-state index is 5.95. The second-order valence-electron chi connectivity index (χ2n) is 5.86. The first kappa shape index (κ1) is 17.4. The lowest BCUT2D eigenvalue weighted by Crippen LogP contribution is -2.14. The predicted octanol–water partition coefficient (Wildman–Crippen LogP) is 4.72. The van der Waals surface area contributed by atoms with Crippen molar-refractivity contribution in [2.24, 2.45) is 10.9 Å². The number of halogens is 1. The van der Waals surface area contributed by atoms with Crippen LogP contribution in [0, 0.1) is 34.6 Å². The van der Waals surface area contributed by atoms with Crippen LogP contribution in [0.5, 0.6) is 0 Å². The maximum absolute atomic E-state index is 5.95. The molecular weight excluding hydrogens is 308 g/mol. The van der Waals surface area contributed by atoms with Crippen molar-refractivity contribution in [2.75, 3.05) is 0 Å². The van der Waals surface area contributed by atoms with E-state index in [1.54, 1.807) is 12.1 Å². The molecule has 4 heteroatoms. The molecule has 2 rings (SSSR count). The summed E-state index contributed by atoms with van der Waals surface area (Å²) in [5, 5.41) is 4.70. The average molecular weight is 331 g/mol. The van der Waals surface area contributed by atoms with Crippen molar-refractivity contribution in [3.05, 3.63) is 68.2 Å². The van der Waals surface area contributed by atoms with Crippen molar-refractivity contribution in [3.8, 4) is 0 Å². The molecule has 0 saturated carbocycles. The van der Waals surface area contributed by atoms with Gasteiger partial charge < -0.3 is 10.6 Å². The Hall–Kier alpha value is -2.00. The summed E-state index contributed by atoms with van der Waals surface area (Å²) in [4.78, 5) is 5.51. The minimum Gasteiger partial charge on any atom is -0.389 e. The Balaban J connectivity index is 2.18. The standard InChI is InChI=1S/C19H23ClN2O/c1-11-12(2)14(4)18(15(5)13(11)3)10-23-22-19(21)16-6-8-17(20)9-7-16/h6-9H,10H2,1-5H3,(H2,21,22). The Bertz CT molecular complexity index is 720. The smallest absolute Gasteiger partial charge is 0.170 e. The van der Waals surface area contributed by atoms with Gasteiger partial charge in [-0.1, -0.05) is 16.8 Å². The quantitative estimate of drug-likeness (QED) is 0.501. The summed E-state index contributed by atoms with van der Waals surface area (Å²) < 4.78 is 0. The van der Waals surface area contributed by atoms with E-state index < -0.39 is 0 Å². The second kappa shape index (κ2) is 7.05. The van der Waals surface area contributed by atoms with E-state index in [9.17, 15) is 0 Å². The molecule has 0 aliphatic heterocycles. The van der Waals surface area contributed by atoms with Crippen LogP contribution in [0.2, 0.25) is 5.02 Å². The molecule has 2 N–H and O–H groups in total. The molecule has 0 heterocycles. The SMILES string of the molecule is Cc1c(C)c(C)c(CO/N=C(\N)c2ccc(Cl)cc2)c(C)c1C. The Labute approximate surface area is 143 Å². The fourth-order valence-corrected chi connectivity index (χ4v) is 2.76. The summed E-state index contributed by atoms with van der Waals surface area (Å²) in [5.41, 5.74) is 14.4. The number of benzene rings is 2. The predicted molar refractivity (Wildman–Crippen MR) is 97.1 cm³/mol. The largest absolute Gasteiger partial charge is 0.389 e. The van der Waals surface area contributed by atoms with Crippen LogP contribution in [-0.4, -0.2) is 5.84 Å². The molecule has 3 nitrogen and oxygen atoms in total. The van der Waals surface area contributed by atoms with Gasteiger partial charge in [0.2, 0.25) is 0 Å². The topological polar surface area (TPSA) is 47.6 Å². The Morgan fingerprint density at radius 1 is 0.913 bits per heavy atom. The maximum Gasteiger partial charge on any atom is 0.170 e. The highest BCUT2D eigenvalue weighted by molar-refractivity contribution is 6.30. The van der Waals surface area contributed by atoms with E-state index in [-0.39, 0.29) is 0 Å². The van der Waals surface area contributed by atoms with Gasteiger partial charge in [-0.3, -0.25) is 0 Å². The van der Waals surface area contributed by atoms with Gasteiger partial charge in [-0.2, -0.15) is 0 Å². The van der Waals surface area contributed by atoms with Crippen LogP contribution in [0.25, 0.3) is 0 Å². The van der Waals surface area contributed by atoms with Crippen molar-refractivity contribution >= 4 is 17.4 Å². The lowest BCUT2D eigenvalue weighted by atomic mass is 9.90. The Morgan fingerprint density at radius 2 is 1.39 bits per heavy atom. The summed E-state index contributed by atoms with van der Waals surface area (Å²) in [6.45, 7) is 11.1. The minimum atomic E-state index is 0.345. The molecule has 0 bridgehead atoms. The minimum absolute atomic E-state index is 0.345. The van der Waals surface area contributed by atoms with Gasteiger partial charge in [0.15, 0.2) is 5.84 Å². The van der Waals surface area contributed by atoms with Crippen molar-refractivity contribution in [2.45, 2.75) is 41.2 Å². The average Bonchev–Trinajstić information content (AvgIpc) is 2.54. The first-order chi connectivity index (χ1) is 10.8. The molecule has 0 fully saturated rings. The Morgan fingerprint density at radius 3 is 1.91 bits per heavy atom. The number of hydrogen-bond acceptors (Lipinski definition) is 2. The molecule has 0 amide bonds. The number of hydrogen-bond donors (Lipinski definition) is 1. The van der Waals surface area contributed by atoms with Gasteiger partial charge in [-0.05, 0) is 92.3 Å². The first-order valence-electron chi connectivity index (χ1n) is 7.60. The lowest BCUT2D eigenvalue weighted by molar-refractivity contribution is 0.129. The summed E-state index contributed by atoms with van der Waals surface area (Å²) in [7, 11) is 0.